The second-order valence-corrected chi connectivity index (χ2v) is 10.5. The number of fused-ring (bicyclic) bond motifs is 2. The number of rotatable bonds is 6. The predicted molar refractivity (Wildman–Crippen MR) is 127 cm³/mol. The van der Waals surface area contributed by atoms with Crippen molar-refractivity contribution in [2.45, 2.75) is 25.7 Å². The first-order chi connectivity index (χ1) is 15.2. The van der Waals surface area contributed by atoms with E-state index in [0.717, 1.165) is 33.9 Å². The lowest BCUT2D eigenvalue weighted by molar-refractivity contribution is -0.111. The number of hydrogen-bond donors (Lipinski definition) is 1. The molecular weight excluding hydrogens is 448 g/mol. The summed E-state index contributed by atoms with van der Waals surface area (Å²) in [5, 5.41) is 4.13. The van der Waals surface area contributed by atoms with Gasteiger partial charge in [-0.3, -0.25) is 10.1 Å². The van der Waals surface area contributed by atoms with Crippen molar-refractivity contribution in [3.63, 3.8) is 0 Å². The molecule has 1 N–H and O–H groups in total. The Morgan fingerprint density at radius 3 is 2.78 bits per heavy atom. The lowest BCUT2D eigenvalue weighted by atomic mass is 10.0. The van der Waals surface area contributed by atoms with Crippen LogP contribution in [0, 0.1) is 6.92 Å². The van der Waals surface area contributed by atoms with Gasteiger partial charge in [-0.2, -0.15) is 0 Å². The van der Waals surface area contributed by atoms with Crippen LogP contribution in [0.4, 0.5) is 5.13 Å². The number of carbonyl (C=O) groups is 1. The number of ether oxygens (including phenoxy) is 1. The van der Waals surface area contributed by atoms with Crippen molar-refractivity contribution in [2.24, 2.45) is 0 Å². The summed E-state index contributed by atoms with van der Waals surface area (Å²) in [6.45, 7) is 6.19. The normalized spacial score (nSPS) is 12.4. The third-order valence-corrected chi connectivity index (χ3v) is 7.00. The Labute approximate surface area is 189 Å². The van der Waals surface area contributed by atoms with Crippen molar-refractivity contribution in [3.8, 4) is 5.75 Å². The molecule has 0 aliphatic carbocycles. The van der Waals surface area contributed by atoms with Crippen molar-refractivity contribution >= 4 is 59.0 Å². The zero-order valence-corrected chi connectivity index (χ0v) is 19.7. The number of furan rings is 1. The average Bonchev–Trinajstić information content (AvgIpc) is 3.28. The smallest absolute Gasteiger partial charge is 0.250 e. The molecule has 32 heavy (non-hydrogen) atoms. The van der Waals surface area contributed by atoms with Gasteiger partial charge in [0.15, 0.2) is 15.0 Å². The Morgan fingerprint density at radius 1 is 1.28 bits per heavy atom. The van der Waals surface area contributed by atoms with Crippen molar-refractivity contribution < 1.29 is 22.4 Å². The van der Waals surface area contributed by atoms with Gasteiger partial charge in [-0.1, -0.05) is 11.3 Å². The standard InChI is InChI=1S/C23H22N2O5S2/c1-5-29-19-11-20-17(14(3)12-30-20)10-16(19)13(2)8-22(26)25-23-24-18-7-6-15(32(4,27)28)9-21(18)31-23/h6-12H,5H2,1-4H3,(H,24,25,26)/b13-8+. The van der Waals surface area contributed by atoms with Crippen LogP contribution in [0.2, 0.25) is 0 Å². The number of hydrogen-bond acceptors (Lipinski definition) is 7. The summed E-state index contributed by atoms with van der Waals surface area (Å²) in [6.07, 6.45) is 4.34. The van der Waals surface area contributed by atoms with Crippen LogP contribution in [0.1, 0.15) is 25.0 Å². The molecule has 0 radical (unpaired) electrons. The summed E-state index contributed by atoms with van der Waals surface area (Å²) in [5.74, 6) is 0.306. The predicted octanol–water partition coefficient (Wildman–Crippen LogP) is 5.20. The van der Waals surface area contributed by atoms with Crippen molar-refractivity contribution in [2.75, 3.05) is 18.2 Å². The summed E-state index contributed by atoms with van der Waals surface area (Å²) in [4.78, 5) is 17.3. The van der Waals surface area contributed by atoms with Crippen LogP contribution < -0.4 is 10.1 Å². The molecule has 4 rings (SSSR count). The molecule has 0 saturated heterocycles. The van der Waals surface area contributed by atoms with Crippen molar-refractivity contribution in [3.05, 3.63) is 53.8 Å². The molecule has 0 spiro atoms. The third kappa shape index (κ3) is 4.39. The molecule has 2 aromatic heterocycles. The van der Waals surface area contributed by atoms with Gasteiger partial charge in [-0.25, -0.2) is 13.4 Å². The summed E-state index contributed by atoms with van der Waals surface area (Å²) in [5.41, 5.74) is 3.90. The highest BCUT2D eigenvalue weighted by Gasteiger charge is 2.14. The Kier molecular flexibility index (Phi) is 5.79. The Balaban J connectivity index is 1.62. The minimum absolute atomic E-state index is 0.218. The van der Waals surface area contributed by atoms with E-state index in [0.29, 0.717) is 27.7 Å². The maximum absolute atomic E-state index is 12.7. The van der Waals surface area contributed by atoms with Gasteiger partial charge in [-0.05, 0) is 56.2 Å². The van der Waals surface area contributed by atoms with E-state index >= 15 is 0 Å². The number of thiazole rings is 1. The van der Waals surface area contributed by atoms with Crippen molar-refractivity contribution in [1.82, 2.24) is 4.98 Å². The maximum atomic E-state index is 12.7. The number of aryl methyl sites for hydroxylation is 1. The van der Waals surface area contributed by atoms with Gasteiger partial charge < -0.3 is 9.15 Å². The van der Waals surface area contributed by atoms with Gasteiger partial charge >= 0.3 is 0 Å². The molecule has 7 nitrogen and oxygen atoms in total. The second kappa shape index (κ2) is 8.40. The molecule has 2 heterocycles. The molecule has 2 aromatic carbocycles. The van der Waals surface area contributed by atoms with E-state index in [1.807, 2.05) is 32.9 Å². The molecule has 0 saturated carbocycles. The molecule has 9 heteroatoms. The first kappa shape index (κ1) is 22.0. The highest BCUT2D eigenvalue weighted by Crippen LogP contribution is 2.34. The number of nitrogens with one attached hydrogen (secondary N) is 1. The summed E-state index contributed by atoms with van der Waals surface area (Å²) < 4.78 is 35.5. The lowest BCUT2D eigenvalue weighted by Crippen LogP contribution is -2.08. The number of carbonyl (C=O) groups excluding carboxylic acids is 1. The number of aromatic nitrogens is 1. The molecule has 0 aliphatic heterocycles. The lowest BCUT2D eigenvalue weighted by Gasteiger charge is -2.11. The number of nitrogens with zero attached hydrogens (tertiary/aromatic N) is 1. The van der Waals surface area contributed by atoms with E-state index in [-0.39, 0.29) is 10.8 Å². The monoisotopic (exact) mass is 470 g/mol. The number of amides is 1. The average molecular weight is 471 g/mol. The third-order valence-electron chi connectivity index (χ3n) is 4.96. The van der Waals surface area contributed by atoms with Crippen LogP contribution in [-0.2, 0) is 14.6 Å². The number of allylic oxidation sites excluding steroid dienone is 1. The fraction of sp³-hybridized carbons (Fsp3) is 0.217. The Bertz CT molecular complexity index is 1480. The summed E-state index contributed by atoms with van der Waals surface area (Å²) in [7, 11) is -3.31. The molecule has 0 atom stereocenters. The van der Waals surface area contributed by atoms with Crippen LogP contribution in [0.3, 0.4) is 0 Å². The molecular formula is C23H22N2O5S2. The van der Waals surface area contributed by atoms with Gasteiger partial charge in [-0.15, -0.1) is 0 Å². The first-order valence-corrected chi connectivity index (χ1v) is 12.6. The van der Waals surface area contributed by atoms with Crippen LogP contribution in [0.25, 0.3) is 26.8 Å². The van der Waals surface area contributed by atoms with E-state index in [4.69, 9.17) is 9.15 Å². The molecule has 0 fully saturated rings. The minimum atomic E-state index is -3.31. The number of anilines is 1. The molecule has 0 bridgehead atoms. The van der Waals surface area contributed by atoms with E-state index < -0.39 is 9.84 Å². The fourth-order valence-corrected chi connectivity index (χ4v) is 5.00. The molecule has 166 valence electrons. The second-order valence-electron chi connectivity index (χ2n) is 7.43. The number of benzene rings is 2. The molecule has 0 unspecified atom stereocenters. The summed E-state index contributed by atoms with van der Waals surface area (Å²) >= 11 is 1.22. The minimum Gasteiger partial charge on any atom is -0.493 e. The Morgan fingerprint density at radius 2 is 2.06 bits per heavy atom. The topological polar surface area (TPSA) is 98.5 Å². The van der Waals surface area contributed by atoms with Crippen molar-refractivity contribution in [1.29, 1.82) is 0 Å². The van der Waals surface area contributed by atoms with Crippen LogP contribution in [0.5, 0.6) is 5.75 Å². The highest BCUT2D eigenvalue weighted by molar-refractivity contribution is 7.90. The first-order valence-electron chi connectivity index (χ1n) is 9.90. The van der Waals surface area contributed by atoms with E-state index in [1.165, 1.54) is 23.5 Å². The van der Waals surface area contributed by atoms with Crippen LogP contribution in [-0.4, -0.2) is 32.2 Å². The van der Waals surface area contributed by atoms with Gasteiger partial charge in [0.1, 0.15) is 11.3 Å². The highest BCUT2D eigenvalue weighted by atomic mass is 32.2. The zero-order chi connectivity index (χ0) is 23.0. The largest absolute Gasteiger partial charge is 0.493 e. The van der Waals surface area contributed by atoms with Gasteiger partial charge in [0.2, 0.25) is 5.91 Å². The zero-order valence-electron chi connectivity index (χ0n) is 18.1. The van der Waals surface area contributed by atoms with E-state index in [9.17, 15) is 13.2 Å². The molecule has 1 amide bonds. The molecule has 4 aromatic rings. The Hall–Kier alpha value is -3.17. The maximum Gasteiger partial charge on any atom is 0.250 e. The van der Waals surface area contributed by atoms with E-state index in [1.54, 1.807) is 18.4 Å². The van der Waals surface area contributed by atoms with Crippen LogP contribution >= 0.6 is 11.3 Å². The number of sulfone groups is 1. The SMILES string of the molecule is CCOc1cc2occ(C)c2cc1/C(C)=C/C(=O)Nc1nc2ccc(S(C)(=O)=O)cc2s1. The van der Waals surface area contributed by atoms with Gasteiger partial charge in [0.25, 0.3) is 0 Å². The van der Waals surface area contributed by atoms with Gasteiger partial charge in [0.05, 0.1) is 28.0 Å². The quantitative estimate of drug-likeness (QED) is 0.389. The fourth-order valence-electron chi connectivity index (χ4n) is 3.37. The van der Waals surface area contributed by atoms with Crippen LogP contribution in [0.15, 0.2) is 52.0 Å². The van der Waals surface area contributed by atoms with Gasteiger partial charge in [0, 0.05) is 29.3 Å². The van der Waals surface area contributed by atoms with E-state index in [2.05, 4.69) is 10.3 Å². The molecule has 0 aliphatic rings. The summed E-state index contributed by atoms with van der Waals surface area (Å²) in [6, 6.07) is 8.51.